The van der Waals surface area contributed by atoms with Gasteiger partial charge in [0.15, 0.2) is 0 Å². The average molecular weight is 179 g/mol. The molecule has 0 amide bonds. The first kappa shape index (κ1) is 7.43. The van der Waals surface area contributed by atoms with Gasteiger partial charge in [-0.2, -0.15) is 0 Å². The largest absolute Gasteiger partial charge is 0.481 e. The number of rotatable bonds is 2. The number of hydrogen-bond donors (Lipinski definition) is 1. The van der Waals surface area contributed by atoms with E-state index in [-0.39, 0.29) is 10.9 Å². The van der Waals surface area contributed by atoms with Gasteiger partial charge >= 0.3 is 5.97 Å². The Bertz CT molecular complexity index is 249. The highest BCUT2D eigenvalue weighted by atomic mass is 35.5. The molecule has 0 saturated carbocycles. The van der Waals surface area contributed by atoms with Crippen molar-refractivity contribution in [1.82, 2.24) is 10.2 Å². The summed E-state index contributed by atoms with van der Waals surface area (Å²) in [6.45, 7) is 0. The zero-order valence-corrected chi connectivity index (χ0v) is 6.32. The van der Waals surface area contributed by atoms with Crippen LogP contribution in [-0.2, 0) is 11.2 Å². The summed E-state index contributed by atoms with van der Waals surface area (Å²) < 4.78 is 0.274. The summed E-state index contributed by atoms with van der Waals surface area (Å²) in [5, 5.41) is 15.7. The highest BCUT2D eigenvalue weighted by Gasteiger charge is 2.05. The lowest BCUT2D eigenvalue weighted by atomic mass is 10.5. The Morgan fingerprint density at radius 1 is 1.70 bits per heavy atom. The maximum Gasteiger partial charge on any atom is 0.310 e. The molecule has 0 saturated heterocycles. The predicted octanol–water partition coefficient (Wildman–Crippen LogP) is 0.819. The van der Waals surface area contributed by atoms with Crippen LogP contribution >= 0.6 is 22.9 Å². The molecule has 0 radical (unpaired) electrons. The van der Waals surface area contributed by atoms with Crippen LogP contribution < -0.4 is 0 Å². The molecule has 6 heteroatoms. The first-order chi connectivity index (χ1) is 4.68. The Kier molecular flexibility index (Phi) is 2.18. The minimum atomic E-state index is -0.923. The number of hydrogen-bond acceptors (Lipinski definition) is 4. The molecule has 1 aromatic rings. The molecule has 1 heterocycles. The minimum absolute atomic E-state index is 0.107. The molecule has 0 unspecified atom stereocenters. The summed E-state index contributed by atoms with van der Waals surface area (Å²) in [5.41, 5.74) is 0. The third-order valence-electron chi connectivity index (χ3n) is 0.745. The Balaban J connectivity index is 2.67. The fraction of sp³-hybridized carbons (Fsp3) is 0.250. The lowest BCUT2D eigenvalue weighted by Gasteiger charge is -1.82. The van der Waals surface area contributed by atoms with Crippen molar-refractivity contribution < 1.29 is 9.90 Å². The molecule has 1 N–H and O–H groups in total. The first-order valence-electron chi connectivity index (χ1n) is 2.38. The van der Waals surface area contributed by atoms with Gasteiger partial charge in [0.1, 0.15) is 5.01 Å². The topological polar surface area (TPSA) is 63.1 Å². The van der Waals surface area contributed by atoms with Crippen LogP contribution in [0.15, 0.2) is 0 Å². The molecule has 54 valence electrons. The molecule has 0 aromatic carbocycles. The molecule has 4 nitrogen and oxygen atoms in total. The lowest BCUT2D eigenvalue weighted by molar-refractivity contribution is -0.136. The molecule has 0 bridgehead atoms. The van der Waals surface area contributed by atoms with Crippen LogP contribution in [-0.4, -0.2) is 21.3 Å². The van der Waals surface area contributed by atoms with E-state index in [1.165, 1.54) is 0 Å². The van der Waals surface area contributed by atoms with Crippen molar-refractivity contribution in [3.05, 3.63) is 9.47 Å². The SMILES string of the molecule is O=C(O)Cc1nnc(Cl)s1. The van der Waals surface area contributed by atoms with Gasteiger partial charge < -0.3 is 5.11 Å². The fourth-order valence-corrected chi connectivity index (χ4v) is 1.29. The second kappa shape index (κ2) is 2.94. The molecule has 0 spiro atoms. The molecule has 0 atom stereocenters. The number of carboxylic acid groups (broad SMARTS) is 1. The average Bonchev–Trinajstić information content (AvgIpc) is 2.13. The van der Waals surface area contributed by atoms with E-state index in [0.717, 1.165) is 11.3 Å². The molecule has 0 aliphatic rings. The van der Waals surface area contributed by atoms with Crippen molar-refractivity contribution in [2.45, 2.75) is 6.42 Å². The summed E-state index contributed by atoms with van der Waals surface area (Å²) in [4.78, 5) is 10.1. The summed E-state index contributed by atoms with van der Waals surface area (Å²) >= 11 is 6.47. The maximum atomic E-state index is 10.1. The van der Waals surface area contributed by atoms with Crippen LogP contribution in [0.2, 0.25) is 4.47 Å². The van der Waals surface area contributed by atoms with Crippen LogP contribution in [0.25, 0.3) is 0 Å². The first-order valence-corrected chi connectivity index (χ1v) is 3.57. The molecule has 1 rings (SSSR count). The molecular weight excluding hydrogens is 176 g/mol. The van der Waals surface area contributed by atoms with Gasteiger partial charge in [-0.15, -0.1) is 10.2 Å². The van der Waals surface area contributed by atoms with Crippen molar-refractivity contribution in [2.75, 3.05) is 0 Å². The maximum absolute atomic E-state index is 10.1. The van der Waals surface area contributed by atoms with Crippen LogP contribution in [0, 0.1) is 0 Å². The number of aromatic nitrogens is 2. The molecule has 0 aliphatic carbocycles. The van der Waals surface area contributed by atoms with Crippen molar-refractivity contribution in [2.24, 2.45) is 0 Å². The highest BCUT2D eigenvalue weighted by Crippen LogP contribution is 2.14. The van der Waals surface area contributed by atoms with Gasteiger partial charge in [-0.3, -0.25) is 4.79 Å². The number of carbonyl (C=O) groups is 1. The smallest absolute Gasteiger partial charge is 0.310 e. The molecular formula is C4H3ClN2O2S. The number of carboxylic acids is 1. The summed E-state index contributed by atoms with van der Waals surface area (Å²) in [6, 6.07) is 0. The summed E-state index contributed by atoms with van der Waals surface area (Å²) in [7, 11) is 0. The minimum Gasteiger partial charge on any atom is -0.481 e. The highest BCUT2D eigenvalue weighted by molar-refractivity contribution is 7.15. The molecule has 10 heavy (non-hydrogen) atoms. The standard InChI is InChI=1S/C4H3ClN2O2S/c5-4-7-6-2(10-4)1-3(8)9/h1H2,(H,8,9). The van der Waals surface area contributed by atoms with Gasteiger partial charge in [0, 0.05) is 0 Å². The number of halogens is 1. The number of nitrogens with zero attached hydrogens (tertiary/aromatic N) is 2. The van der Waals surface area contributed by atoms with Gasteiger partial charge in [0.25, 0.3) is 0 Å². The van der Waals surface area contributed by atoms with E-state index in [2.05, 4.69) is 10.2 Å². The fourth-order valence-electron chi connectivity index (χ4n) is 0.434. The van der Waals surface area contributed by atoms with Crippen LogP contribution in [0.3, 0.4) is 0 Å². The van der Waals surface area contributed by atoms with E-state index >= 15 is 0 Å². The third kappa shape index (κ3) is 1.93. The second-order valence-corrected chi connectivity index (χ2v) is 3.16. The molecule has 0 aliphatic heterocycles. The lowest BCUT2D eigenvalue weighted by Crippen LogP contribution is -1.98. The van der Waals surface area contributed by atoms with E-state index in [1.807, 2.05) is 0 Å². The van der Waals surface area contributed by atoms with E-state index in [4.69, 9.17) is 16.7 Å². The van der Waals surface area contributed by atoms with Crippen molar-refractivity contribution in [1.29, 1.82) is 0 Å². The molecule has 1 aromatic heterocycles. The predicted molar refractivity (Wildman–Crippen MR) is 36.3 cm³/mol. The molecule has 0 fully saturated rings. The van der Waals surface area contributed by atoms with Crippen molar-refractivity contribution >= 4 is 28.9 Å². The Morgan fingerprint density at radius 3 is 2.80 bits per heavy atom. The third-order valence-corrected chi connectivity index (χ3v) is 1.76. The van der Waals surface area contributed by atoms with Gasteiger partial charge in [0.2, 0.25) is 4.47 Å². The van der Waals surface area contributed by atoms with Gasteiger partial charge in [-0.05, 0) is 11.6 Å². The monoisotopic (exact) mass is 178 g/mol. The van der Waals surface area contributed by atoms with E-state index in [9.17, 15) is 4.79 Å². The van der Waals surface area contributed by atoms with Crippen molar-refractivity contribution in [3.8, 4) is 0 Å². The summed E-state index contributed by atoms with van der Waals surface area (Å²) in [5.74, 6) is -0.923. The second-order valence-electron chi connectivity index (χ2n) is 1.52. The van der Waals surface area contributed by atoms with Gasteiger partial charge in [-0.1, -0.05) is 11.3 Å². The van der Waals surface area contributed by atoms with Gasteiger partial charge in [0.05, 0.1) is 6.42 Å². The van der Waals surface area contributed by atoms with Crippen LogP contribution in [0.5, 0.6) is 0 Å². The Hall–Kier alpha value is -0.680. The van der Waals surface area contributed by atoms with Crippen LogP contribution in [0.4, 0.5) is 0 Å². The van der Waals surface area contributed by atoms with E-state index in [1.54, 1.807) is 0 Å². The quantitative estimate of drug-likeness (QED) is 0.728. The number of aliphatic carboxylic acids is 1. The normalized spacial score (nSPS) is 9.70. The Morgan fingerprint density at radius 2 is 2.40 bits per heavy atom. The van der Waals surface area contributed by atoms with Gasteiger partial charge in [-0.25, -0.2) is 0 Å². The van der Waals surface area contributed by atoms with E-state index < -0.39 is 5.97 Å². The Labute approximate surface area is 65.5 Å². The summed E-state index contributed by atoms with van der Waals surface area (Å²) in [6.07, 6.45) is -0.107. The zero-order chi connectivity index (χ0) is 7.56. The zero-order valence-electron chi connectivity index (χ0n) is 4.74. The van der Waals surface area contributed by atoms with E-state index in [0.29, 0.717) is 5.01 Å². The van der Waals surface area contributed by atoms with Crippen molar-refractivity contribution in [3.63, 3.8) is 0 Å². The van der Waals surface area contributed by atoms with Crippen LogP contribution in [0.1, 0.15) is 5.01 Å².